The van der Waals surface area contributed by atoms with Crippen molar-refractivity contribution in [3.8, 4) is 0 Å². The summed E-state index contributed by atoms with van der Waals surface area (Å²) in [5.74, 6) is -1.40. The second-order valence-corrected chi connectivity index (χ2v) is 15.0. The number of sulfonamides is 1. The van der Waals surface area contributed by atoms with Crippen LogP contribution < -0.4 is 9.62 Å². The van der Waals surface area contributed by atoms with Gasteiger partial charge in [0.05, 0.1) is 10.6 Å². The van der Waals surface area contributed by atoms with E-state index in [1.54, 1.807) is 42.5 Å². The van der Waals surface area contributed by atoms with Crippen LogP contribution in [0.15, 0.2) is 108 Å². The molecule has 248 valence electrons. The van der Waals surface area contributed by atoms with Crippen LogP contribution in [0.25, 0.3) is 0 Å². The lowest BCUT2D eigenvalue weighted by atomic mass is 10.0. The maximum absolute atomic E-state index is 15.1. The average Bonchev–Trinajstić information content (AvgIpc) is 3.02. The molecule has 4 aromatic carbocycles. The molecule has 1 atom stereocenters. The topological polar surface area (TPSA) is 86.8 Å². The van der Waals surface area contributed by atoms with E-state index in [2.05, 4.69) is 5.32 Å². The Balaban J connectivity index is 1.83. The second-order valence-electron chi connectivity index (χ2n) is 13.1. The van der Waals surface area contributed by atoms with Crippen molar-refractivity contribution in [3.63, 3.8) is 0 Å². The van der Waals surface area contributed by atoms with Gasteiger partial charge in [-0.25, -0.2) is 12.8 Å². The molecular formula is C38H44FN3O4S. The number of hydrogen-bond donors (Lipinski definition) is 1. The number of halogens is 1. The number of nitrogens with one attached hydrogen (secondary N) is 1. The fourth-order valence-electron chi connectivity index (χ4n) is 5.21. The van der Waals surface area contributed by atoms with E-state index in [9.17, 15) is 18.0 Å². The molecule has 2 amide bonds. The van der Waals surface area contributed by atoms with Crippen LogP contribution in [0.4, 0.5) is 10.1 Å². The number of anilines is 1. The van der Waals surface area contributed by atoms with Gasteiger partial charge in [0, 0.05) is 24.1 Å². The smallest absolute Gasteiger partial charge is 0.264 e. The Hall–Kier alpha value is -4.50. The molecule has 0 spiro atoms. The Labute approximate surface area is 278 Å². The van der Waals surface area contributed by atoms with Crippen LogP contribution in [0.5, 0.6) is 0 Å². The monoisotopic (exact) mass is 657 g/mol. The number of aryl methyl sites for hydroxylation is 1. The van der Waals surface area contributed by atoms with E-state index in [1.165, 1.54) is 23.1 Å². The molecule has 4 aromatic rings. The van der Waals surface area contributed by atoms with Crippen LogP contribution in [-0.2, 0) is 32.6 Å². The molecule has 0 aromatic heterocycles. The van der Waals surface area contributed by atoms with E-state index < -0.39 is 45.8 Å². The van der Waals surface area contributed by atoms with Gasteiger partial charge in [0.2, 0.25) is 11.8 Å². The predicted octanol–water partition coefficient (Wildman–Crippen LogP) is 7.01. The zero-order valence-electron chi connectivity index (χ0n) is 27.9. The molecule has 0 aliphatic carbocycles. The summed E-state index contributed by atoms with van der Waals surface area (Å²) in [4.78, 5) is 29.9. The Bertz CT molecular complexity index is 1770. The van der Waals surface area contributed by atoms with E-state index in [0.29, 0.717) is 5.69 Å². The lowest BCUT2D eigenvalue weighted by Gasteiger charge is -2.35. The predicted molar refractivity (Wildman–Crippen MR) is 185 cm³/mol. The van der Waals surface area contributed by atoms with E-state index in [4.69, 9.17) is 0 Å². The van der Waals surface area contributed by atoms with Gasteiger partial charge in [-0.2, -0.15) is 0 Å². The summed E-state index contributed by atoms with van der Waals surface area (Å²) in [5, 5.41) is 2.98. The van der Waals surface area contributed by atoms with Gasteiger partial charge < -0.3 is 10.2 Å². The van der Waals surface area contributed by atoms with Gasteiger partial charge in [0.25, 0.3) is 10.0 Å². The second kappa shape index (κ2) is 14.9. The van der Waals surface area contributed by atoms with Gasteiger partial charge in [-0.3, -0.25) is 13.9 Å². The van der Waals surface area contributed by atoms with Crippen molar-refractivity contribution in [3.05, 3.63) is 131 Å². The number of amides is 2. The highest BCUT2D eigenvalue weighted by molar-refractivity contribution is 7.92. The van der Waals surface area contributed by atoms with Crippen molar-refractivity contribution in [2.45, 2.75) is 76.9 Å². The first-order chi connectivity index (χ1) is 22.2. The van der Waals surface area contributed by atoms with Gasteiger partial charge in [-0.15, -0.1) is 0 Å². The molecule has 0 radical (unpaired) electrons. The van der Waals surface area contributed by atoms with Gasteiger partial charge in [-0.1, -0.05) is 92.2 Å². The molecule has 9 heteroatoms. The first-order valence-corrected chi connectivity index (χ1v) is 17.2. The first kappa shape index (κ1) is 35.4. The highest BCUT2D eigenvalue weighted by Gasteiger charge is 2.36. The fraction of sp³-hybridized carbons (Fsp3) is 0.316. The molecule has 0 saturated heterocycles. The summed E-state index contributed by atoms with van der Waals surface area (Å²) in [6.07, 6.45) is 0.136. The molecule has 1 N–H and O–H groups in total. The third kappa shape index (κ3) is 9.29. The summed E-state index contributed by atoms with van der Waals surface area (Å²) in [6, 6.07) is 27.7. The molecule has 0 fully saturated rings. The minimum atomic E-state index is -4.24. The molecule has 7 nitrogen and oxygen atoms in total. The van der Waals surface area contributed by atoms with Crippen LogP contribution in [0.1, 0.15) is 62.8 Å². The minimum absolute atomic E-state index is 0.0239. The maximum atomic E-state index is 15.1. The maximum Gasteiger partial charge on any atom is 0.264 e. The Kier molecular flexibility index (Phi) is 11.2. The SMILES string of the molecule is Cc1ccc(S(=O)(=O)N(CC(=O)N(Cc2ccccc2F)[C@@H](Cc2ccccc2)C(=O)NC(C)(C)C)c2ccc(C(C)C)cc2)cc1. The number of carbonyl (C=O) groups is 2. The van der Waals surface area contributed by atoms with Crippen molar-refractivity contribution in [2.75, 3.05) is 10.8 Å². The number of benzene rings is 4. The Morgan fingerprint density at radius 2 is 1.43 bits per heavy atom. The lowest BCUT2D eigenvalue weighted by Crippen LogP contribution is -2.56. The number of carbonyl (C=O) groups excluding carboxylic acids is 2. The summed E-state index contributed by atoms with van der Waals surface area (Å²) < 4.78 is 44.6. The Morgan fingerprint density at radius 3 is 2.00 bits per heavy atom. The van der Waals surface area contributed by atoms with Crippen LogP contribution in [0.2, 0.25) is 0 Å². The van der Waals surface area contributed by atoms with E-state index in [-0.39, 0.29) is 29.3 Å². The van der Waals surface area contributed by atoms with Crippen LogP contribution >= 0.6 is 0 Å². The van der Waals surface area contributed by atoms with Crippen LogP contribution in [-0.4, -0.2) is 43.3 Å². The third-order valence-corrected chi connectivity index (χ3v) is 9.59. The molecule has 0 saturated carbocycles. The quantitative estimate of drug-likeness (QED) is 0.178. The zero-order chi connectivity index (χ0) is 34.4. The van der Waals surface area contributed by atoms with Crippen LogP contribution in [0.3, 0.4) is 0 Å². The number of hydrogen-bond acceptors (Lipinski definition) is 4. The standard InChI is InChI=1S/C38H44FN3O4S/c1-27(2)30-18-20-32(21-19-30)42(47(45,46)33-22-16-28(3)17-23-33)26-36(43)41(25-31-14-10-11-15-34(31)39)35(37(44)40-38(4,5)6)24-29-12-8-7-9-13-29/h7-23,27,35H,24-26H2,1-6H3,(H,40,44)/t35-/m0/s1. The zero-order valence-corrected chi connectivity index (χ0v) is 28.7. The lowest BCUT2D eigenvalue weighted by molar-refractivity contribution is -0.140. The summed E-state index contributed by atoms with van der Waals surface area (Å²) in [6.45, 7) is 10.6. The minimum Gasteiger partial charge on any atom is -0.350 e. The normalized spacial score (nSPS) is 12.4. The van der Waals surface area contributed by atoms with Gasteiger partial charge in [0.1, 0.15) is 18.4 Å². The molecule has 0 bridgehead atoms. The molecule has 0 heterocycles. The summed E-state index contributed by atoms with van der Waals surface area (Å²) in [7, 11) is -4.24. The third-order valence-electron chi connectivity index (χ3n) is 7.80. The average molecular weight is 658 g/mol. The largest absolute Gasteiger partial charge is 0.350 e. The molecule has 47 heavy (non-hydrogen) atoms. The van der Waals surface area contributed by atoms with Crippen molar-refractivity contribution >= 4 is 27.5 Å². The van der Waals surface area contributed by atoms with Gasteiger partial charge in [-0.05, 0) is 75.1 Å². The highest BCUT2D eigenvalue weighted by atomic mass is 32.2. The van der Waals surface area contributed by atoms with E-state index in [1.807, 2.05) is 84.0 Å². The fourth-order valence-corrected chi connectivity index (χ4v) is 6.62. The molecular weight excluding hydrogens is 614 g/mol. The van der Waals surface area contributed by atoms with Crippen molar-refractivity contribution in [2.24, 2.45) is 0 Å². The first-order valence-electron chi connectivity index (χ1n) is 15.7. The van der Waals surface area contributed by atoms with E-state index >= 15 is 4.39 Å². The molecule has 0 aliphatic rings. The highest BCUT2D eigenvalue weighted by Crippen LogP contribution is 2.27. The number of rotatable bonds is 12. The van der Waals surface area contributed by atoms with E-state index in [0.717, 1.165) is 21.0 Å². The van der Waals surface area contributed by atoms with Gasteiger partial charge in [0.15, 0.2) is 0 Å². The van der Waals surface area contributed by atoms with Crippen LogP contribution in [0, 0.1) is 12.7 Å². The van der Waals surface area contributed by atoms with Crippen molar-refractivity contribution < 1.29 is 22.4 Å². The summed E-state index contributed by atoms with van der Waals surface area (Å²) >= 11 is 0. The number of nitrogens with zero attached hydrogens (tertiary/aromatic N) is 2. The van der Waals surface area contributed by atoms with Crippen molar-refractivity contribution in [1.29, 1.82) is 0 Å². The van der Waals surface area contributed by atoms with Crippen molar-refractivity contribution in [1.82, 2.24) is 10.2 Å². The Morgan fingerprint density at radius 1 is 0.830 bits per heavy atom. The van der Waals surface area contributed by atoms with Gasteiger partial charge >= 0.3 is 0 Å². The summed E-state index contributed by atoms with van der Waals surface area (Å²) in [5.41, 5.74) is 2.57. The molecule has 0 aliphatic heterocycles. The molecule has 4 rings (SSSR count). The molecule has 0 unspecified atom stereocenters.